The van der Waals surface area contributed by atoms with Gasteiger partial charge in [-0.1, -0.05) is 26.7 Å². The number of nitrogens with zero attached hydrogens (tertiary/aromatic N) is 2. The molecular weight excluding hydrogens is 277 g/mol. The molecule has 0 aliphatic carbocycles. The summed E-state index contributed by atoms with van der Waals surface area (Å²) in [6.45, 7) is 7.67. The molecule has 0 spiro atoms. The maximum absolute atomic E-state index is 12.8. The molecule has 2 nitrogen and oxygen atoms in total. The van der Waals surface area contributed by atoms with Crippen molar-refractivity contribution >= 4 is 5.69 Å². The van der Waals surface area contributed by atoms with Crippen LogP contribution in [0.25, 0.3) is 0 Å². The van der Waals surface area contributed by atoms with Gasteiger partial charge in [-0.25, -0.2) is 0 Å². The summed E-state index contributed by atoms with van der Waals surface area (Å²) >= 11 is 0. The number of alkyl halides is 3. The van der Waals surface area contributed by atoms with Crippen LogP contribution >= 0.6 is 0 Å². The second kappa shape index (κ2) is 7.35. The molecule has 0 unspecified atom stereocenters. The minimum absolute atomic E-state index is 0.317. The summed E-state index contributed by atoms with van der Waals surface area (Å²) in [5, 5.41) is 8.97. The van der Waals surface area contributed by atoms with Crippen LogP contribution < -0.4 is 4.90 Å². The van der Waals surface area contributed by atoms with Crippen molar-refractivity contribution in [3.05, 3.63) is 29.3 Å². The lowest BCUT2D eigenvalue weighted by molar-refractivity contribution is -0.137. The molecule has 116 valence electrons. The van der Waals surface area contributed by atoms with Crippen LogP contribution in [0.2, 0.25) is 0 Å². The SMILES string of the molecule is CCC(CC)CN(CC)c1ccc(C(F)(F)F)c(C#N)c1. The number of benzene rings is 1. The van der Waals surface area contributed by atoms with Crippen molar-refractivity contribution < 1.29 is 13.2 Å². The van der Waals surface area contributed by atoms with Crippen LogP contribution in [0, 0.1) is 17.2 Å². The predicted molar refractivity (Wildman–Crippen MR) is 78.1 cm³/mol. The topological polar surface area (TPSA) is 27.0 Å². The lowest BCUT2D eigenvalue weighted by atomic mass is 10.0. The molecule has 0 N–H and O–H groups in total. The third-order valence-corrected chi connectivity index (χ3v) is 3.81. The highest BCUT2D eigenvalue weighted by Gasteiger charge is 2.33. The van der Waals surface area contributed by atoms with Gasteiger partial charge in [0.05, 0.1) is 17.2 Å². The average Bonchev–Trinajstić information content (AvgIpc) is 2.47. The predicted octanol–water partition coefficient (Wildman–Crippen LogP) is 4.84. The number of hydrogen-bond acceptors (Lipinski definition) is 2. The van der Waals surface area contributed by atoms with Gasteiger partial charge < -0.3 is 4.90 Å². The number of hydrogen-bond donors (Lipinski definition) is 0. The Hall–Kier alpha value is -1.70. The lowest BCUT2D eigenvalue weighted by Gasteiger charge is -2.28. The molecule has 1 rings (SSSR count). The number of rotatable bonds is 6. The summed E-state index contributed by atoms with van der Waals surface area (Å²) in [6.07, 6.45) is -2.44. The monoisotopic (exact) mass is 298 g/mol. The molecule has 0 bridgehead atoms. The summed E-state index contributed by atoms with van der Waals surface area (Å²) in [5.41, 5.74) is -0.510. The molecule has 0 aromatic heterocycles. The highest BCUT2D eigenvalue weighted by molar-refractivity contribution is 5.55. The van der Waals surface area contributed by atoms with Crippen molar-refractivity contribution in [3.63, 3.8) is 0 Å². The first-order valence-corrected chi connectivity index (χ1v) is 7.23. The van der Waals surface area contributed by atoms with E-state index in [1.165, 1.54) is 12.1 Å². The number of anilines is 1. The summed E-state index contributed by atoms with van der Waals surface area (Å²) in [7, 11) is 0. The minimum atomic E-state index is -4.49. The van der Waals surface area contributed by atoms with Crippen molar-refractivity contribution in [2.45, 2.75) is 39.8 Å². The maximum Gasteiger partial charge on any atom is 0.417 e. The molecule has 0 saturated heterocycles. The molecule has 0 saturated carbocycles. The van der Waals surface area contributed by atoms with Crippen LogP contribution in [0.1, 0.15) is 44.7 Å². The van der Waals surface area contributed by atoms with Crippen LogP contribution in [0.4, 0.5) is 18.9 Å². The van der Waals surface area contributed by atoms with Gasteiger partial charge >= 0.3 is 6.18 Å². The van der Waals surface area contributed by atoms with E-state index in [-0.39, 0.29) is 5.56 Å². The van der Waals surface area contributed by atoms with Gasteiger partial charge in [-0.3, -0.25) is 0 Å². The molecule has 5 heteroatoms. The quantitative estimate of drug-likeness (QED) is 0.751. The smallest absolute Gasteiger partial charge is 0.371 e. The first kappa shape index (κ1) is 17.4. The van der Waals surface area contributed by atoms with Gasteiger partial charge in [0.2, 0.25) is 0 Å². The highest BCUT2D eigenvalue weighted by Crippen LogP contribution is 2.34. The summed E-state index contributed by atoms with van der Waals surface area (Å²) in [4.78, 5) is 2.03. The van der Waals surface area contributed by atoms with E-state index >= 15 is 0 Å². The Balaban J connectivity index is 3.10. The van der Waals surface area contributed by atoms with Crippen molar-refractivity contribution in [3.8, 4) is 6.07 Å². The molecule has 1 aromatic carbocycles. The molecule has 0 heterocycles. The van der Waals surface area contributed by atoms with E-state index < -0.39 is 11.7 Å². The molecule has 0 atom stereocenters. The molecule has 21 heavy (non-hydrogen) atoms. The highest BCUT2D eigenvalue weighted by atomic mass is 19.4. The van der Waals surface area contributed by atoms with Crippen molar-refractivity contribution in [1.29, 1.82) is 5.26 Å². The Bertz CT molecular complexity index is 499. The van der Waals surface area contributed by atoms with Crippen LogP contribution in [0.15, 0.2) is 18.2 Å². The van der Waals surface area contributed by atoms with Gasteiger partial charge in [-0.2, -0.15) is 18.4 Å². The largest absolute Gasteiger partial charge is 0.417 e. The van der Waals surface area contributed by atoms with E-state index in [0.717, 1.165) is 25.5 Å². The van der Waals surface area contributed by atoms with E-state index in [1.54, 1.807) is 6.07 Å². The standard InChI is InChI=1S/C16H21F3N2/c1-4-12(5-2)11-21(6-3)14-7-8-15(16(17,18)19)13(9-14)10-20/h7-9,12H,4-6,11H2,1-3H3. The zero-order valence-corrected chi connectivity index (χ0v) is 12.7. The first-order chi connectivity index (χ1) is 9.87. The fraction of sp³-hybridized carbons (Fsp3) is 0.562. The van der Waals surface area contributed by atoms with Crippen LogP contribution in [0.5, 0.6) is 0 Å². The average molecular weight is 298 g/mol. The maximum atomic E-state index is 12.8. The number of halogens is 3. The molecule has 0 aliphatic heterocycles. The third kappa shape index (κ3) is 4.38. The molecule has 1 aromatic rings. The molecule has 0 aliphatic rings. The van der Waals surface area contributed by atoms with Gasteiger partial charge in [-0.05, 0) is 31.0 Å². The van der Waals surface area contributed by atoms with Gasteiger partial charge in [0, 0.05) is 18.8 Å². The van der Waals surface area contributed by atoms with Crippen LogP contribution in [0.3, 0.4) is 0 Å². The molecule has 0 amide bonds. The summed E-state index contributed by atoms with van der Waals surface area (Å²) in [6, 6.07) is 5.46. The van der Waals surface area contributed by atoms with Gasteiger partial charge in [0.1, 0.15) is 0 Å². The van der Waals surface area contributed by atoms with E-state index in [2.05, 4.69) is 13.8 Å². The zero-order chi connectivity index (χ0) is 16.0. The third-order valence-electron chi connectivity index (χ3n) is 3.81. The summed E-state index contributed by atoms with van der Waals surface area (Å²) < 4.78 is 38.4. The van der Waals surface area contributed by atoms with Gasteiger partial charge in [0.15, 0.2) is 0 Å². The Morgan fingerprint density at radius 1 is 1.19 bits per heavy atom. The van der Waals surface area contributed by atoms with E-state index in [4.69, 9.17) is 5.26 Å². The Labute approximate surface area is 124 Å². The van der Waals surface area contributed by atoms with E-state index in [9.17, 15) is 13.2 Å². The Morgan fingerprint density at radius 2 is 1.81 bits per heavy atom. The second-order valence-electron chi connectivity index (χ2n) is 5.06. The molecule has 0 radical (unpaired) electrons. The first-order valence-electron chi connectivity index (χ1n) is 7.23. The van der Waals surface area contributed by atoms with Crippen LogP contribution in [-0.2, 0) is 6.18 Å². The Kier molecular flexibility index (Phi) is 6.07. The minimum Gasteiger partial charge on any atom is -0.371 e. The van der Waals surface area contributed by atoms with Gasteiger partial charge in [0.25, 0.3) is 0 Å². The van der Waals surface area contributed by atoms with Crippen LogP contribution in [-0.4, -0.2) is 13.1 Å². The van der Waals surface area contributed by atoms with E-state index in [1.807, 2.05) is 11.8 Å². The molecule has 0 fully saturated rings. The van der Waals surface area contributed by atoms with Gasteiger partial charge in [-0.15, -0.1) is 0 Å². The number of nitriles is 1. The molecular formula is C16H21F3N2. The van der Waals surface area contributed by atoms with Crippen molar-refractivity contribution in [2.75, 3.05) is 18.0 Å². The lowest BCUT2D eigenvalue weighted by Crippen LogP contribution is -2.29. The summed E-state index contributed by atoms with van der Waals surface area (Å²) in [5.74, 6) is 0.498. The fourth-order valence-corrected chi connectivity index (χ4v) is 2.34. The van der Waals surface area contributed by atoms with Crippen molar-refractivity contribution in [2.24, 2.45) is 5.92 Å². The second-order valence-corrected chi connectivity index (χ2v) is 5.06. The van der Waals surface area contributed by atoms with E-state index in [0.29, 0.717) is 18.2 Å². The normalized spacial score (nSPS) is 11.5. The fourth-order valence-electron chi connectivity index (χ4n) is 2.34. The Morgan fingerprint density at radius 3 is 2.24 bits per heavy atom. The van der Waals surface area contributed by atoms with Crippen molar-refractivity contribution in [1.82, 2.24) is 0 Å². The zero-order valence-electron chi connectivity index (χ0n) is 12.7.